The molecule has 2 rings (SSSR count). The van der Waals surface area contributed by atoms with Crippen LogP contribution in [0.5, 0.6) is 0 Å². The molecule has 0 aromatic heterocycles. The van der Waals surface area contributed by atoms with E-state index in [4.69, 9.17) is 4.74 Å². The monoisotopic (exact) mass is 348 g/mol. The Morgan fingerprint density at radius 3 is 2.50 bits per heavy atom. The van der Waals surface area contributed by atoms with Crippen LogP contribution in [0, 0.1) is 10.1 Å². The summed E-state index contributed by atoms with van der Waals surface area (Å²) in [4.78, 5) is 23.1. The number of esters is 1. The summed E-state index contributed by atoms with van der Waals surface area (Å²) < 4.78 is 4.97. The van der Waals surface area contributed by atoms with Gasteiger partial charge in [0.2, 0.25) is 0 Å². The van der Waals surface area contributed by atoms with Gasteiger partial charge in [-0.3, -0.25) is 10.1 Å². The van der Waals surface area contributed by atoms with E-state index in [-0.39, 0.29) is 11.6 Å². The number of hydrogen-bond acceptors (Lipinski definition) is 5. The molecule has 128 valence electrons. The summed E-state index contributed by atoms with van der Waals surface area (Å²) >= 11 is 0. The molecular formula is C17H21N2O4P. The Morgan fingerprint density at radius 2 is 1.96 bits per heavy atom. The highest BCUT2D eigenvalue weighted by Crippen LogP contribution is 2.52. The number of nitrogens with zero attached hydrogens (tertiary/aromatic N) is 1. The van der Waals surface area contributed by atoms with Crippen LogP contribution >= 0.6 is 7.92 Å². The molecular weight excluding hydrogens is 327 g/mol. The minimum atomic E-state index is -0.516. The third-order valence-corrected chi connectivity index (χ3v) is 5.58. The van der Waals surface area contributed by atoms with Crippen LogP contribution in [0.2, 0.25) is 0 Å². The smallest absolute Gasteiger partial charge is 0.336 e. The van der Waals surface area contributed by atoms with Crippen molar-refractivity contribution in [1.82, 2.24) is 5.32 Å². The third kappa shape index (κ3) is 3.34. The lowest BCUT2D eigenvalue weighted by atomic mass is 9.86. The number of ether oxygens (including phenoxy) is 1. The van der Waals surface area contributed by atoms with Crippen molar-refractivity contribution in [3.8, 4) is 0 Å². The van der Waals surface area contributed by atoms with Gasteiger partial charge in [-0.15, -0.1) is 0 Å². The van der Waals surface area contributed by atoms with Gasteiger partial charge in [-0.05, 0) is 38.1 Å². The second-order valence-corrected chi connectivity index (χ2v) is 8.12. The van der Waals surface area contributed by atoms with Gasteiger partial charge in [-0.1, -0.05) is 20.1 Å². The van der Waals surface area contributed by atoms with Gasteiger partial charge in [0.05, 0.1) is 17.6 Å². The van der Waals surface area contributed by atoms with Crippen LogP contribution < -0.4 is 5.32 Å². The largest absolute Gasteiger partial charge is 0.466 e. The molecule has 0 spiro atoms. The summed E-state index contributed by atoms with van der Waals surface area (Å²) in [5.74, 6) is -0.752. The molecule has 1 heterocycles. The van der Waals surface area contributed by atoms with Crippen molar-refractivity contribution < 1.29 is 14.5 Å². The molecule has 0 radical (unpaired) electrons. The SMILES string of the molecule is COC(=O)C1=C(C)NC(C)=C(P(C)C)C1c1cccc([N+](=O)[O-])c1. The summed E-state index contributed by atoms with van der Waals surface area (Å²) in [5.41, 5.74) is 2.97. The first-order chi connectivity index (χ1) is 11.3. The molecule has 1 aromatic rings. The lowest BCUT2D eigenvalue weighted by Crippen LogP contribution is -2.28. The number of rotatable bonds is 4. The van der Waals surface area contributed by atoms with Crippen LogP contribution in [0.1, 0.15) is 25.3 Å². The third-order valence-electron chi connectivity index (χ3n) is 4.03. The van der Waals surface area contributed by atoms with E-state index in [1.165, 1.54) is 13.2 Å². The number of allylic oxidation sites excluding steroid dienone is 3. The number of carbonyl (C=O) groups excluding carboxylic acids is 1. The lowest BCUT2D eigenvalue weighted by Gasteiger charge is -2.33. The van der Waals surface area contributed by atoms with E-state index in [1.807, 2.05) is 19.9 Å². The Kier molecular flexibility index (Phi) is 5.40. The zero-order chi connectivity index (χ0) is 18.0. The number of benzene rings is 1. The van der Waals surface area contributed by atoms with Crippen molar-refractivity contribution in [2.45, 2.75) is 19.8 Å². The molecule has 1 aromatic carbocycles. The van der Waals surface area contributed by atoms with Crippen LogP contribution in [0.25, 0.3) is 0 Å². The first-order valence-corrected chi connectivity index (χ1v) is 9.70. The van der Waals surface area contributed by atoms with Gasteiger partial charge in [0.15, 0.2) is 0 Å². The summed E-state index contributed by atoms with van der Waals surface area (Å²) in [6.07, 6.45) is 0. The van der Waals surface area contributed by atoms with Gasteiger partial charge in [0.25, 0.3) is 5.69 Å². The number of methoxy groups -OCH3 is 1. The molecule has 1 unspecified atom stereocenters. The van der Waals surface area contributed by atoms with Crippen LogP contribution in [-0.2, 0) is 9.53 Å². The van der Waals surface area contributed by atoms with Gasteiger partial charge < -0.3 is 10.1 Å². The predicted molar refractivity (Wildman–Crippen MR) is 95.2 cm³/mol. The fourth-order valence-electron chi connectivity index (χ4n) is 3.10. The van der Waals surface area contributed by atoms with Crippen molar-refractivity contribution in [2.24, 2.45) is 0 Å². The average molecular weight is 348 g/mol. The molecule has 0 saturated heterocycles. The molecule has 7 heteroatoms. The first kappa shape index (κ1) is 18.1. The van der Waals surface area contributed by atoms with Gasteiger partial charge in [-0.25, -0.2) is 4.79 Å². The molecule has 0 saturated carbocycles. The van der Waals surface area contributed by atoms with Crippen molar-refractivity contribution in [3.63, 3.8) is 0 Å². The number of nitrogens with one attached hydrogen (secondary N) is 1. The van der Waals surface area contributed by atoms with Crippen LogP contribution in [-0.4, -0.2) is 31.3 Å². The van der Waals surface area contributed by atoms with Crippen molar-refractivity contribution in [3.05, 3.63) is 62.2 Å². The van der Waals surface area contributed by atoms with E-state index in [0.717, 1.165) is 22.3 Å². The van der Waals surface area contributed by atoms with E-state index in [1.54, 1.807) is 12.1 Å². The predicted octanol–water partition coefficient (Wildman–Crippen LogP) is 3.70. The van der Waals surface area contributed by atoms with E-state index < -0.39 is 18.8 Å². The topological polar surface area (TPSA) is 81.5 Å². The van der Waals surface area contributed by atoms with Gasteiger partial charge in [0.1, 0.15) is 0 Å². The zero-order valence-corrected chi connectivity index (χ0v) is 15.3. The minimum absolute atomic E-state index is 0.0152. The summed E-state index contributed by atoms with van der Waals surface area (Å²) in [5, 5.41) is 15.5. The van der Waals surface area contributed by atoms with Gasteiger partial charge >= 0.3 is 5.97 Å². The van der Waals surface area contributed by atoms with Crippen LogP contribution in [0.4, 0.5) is 5.69 Å². The van der Waals surface area contributed by atoms with Crippen LogP contribution in [0.15, 0.2) is 46.5 Å². The molecule has 1 aliphatic rings. The minimum Gasteiger partial charge on any atom is -0.466 e. The molecule has 1 atom stereocenters. The fourth-order valence-corrected chi connectivity index (χ4v) is 4.62. The number of nitro benzene ring substituents is 1. The number of carbonyl (C=O) groups is 1. The van der Waals surface area contributed by atoms with Crippen molar-refractivity contribution in [2.75, 3.05) is 20.4 Å². The van der Waals surface area contributed by atoms with Crippen LogP contribution in [0.3, 0.4) is 0 Å². The maximum Gasteiger partial charge on any atom is 0.336 e. The number of dihydropyridines is 1. The Bertz CT molecular complexity index is 753. The van der Waals surface area contributed by atoms with Gasteiger partial charge in [-0.2, -0.15) is 0 Å². The van der Waals surface area contributed by atoms with Gasteiger partial charge in [0, 0.05) is 29.4 Å². The Labute approximate surface area is 142 Å². The van der Waals surface area contributed by atoms with Crippen molar-refractivity contribution >= 4 is 19.6 Å². The molecule has 24 heavy (non-hydrogen) atoms. The number of nitro groups is 1. The van der Waals surface area contributed by atoms with E-state index in [9.17, 15) is 14.9 Å². The van der Waals surface area contributed by atoms with E-state index in [0.29, 0.717) is 5.57 Å². The number of hydrogen-bond donors (Lipinski definition) is 1. The summed E-state index contributed by atoms with van der Waals surface area (Å²) in [6.45, 7) is 8.01. The molecule has 0 amide bonds. The second kappa shape index (κ2) is 7.14. The second-order valence-electron chi connectivity index (χ2n) is 5.85. The molecule has 0 aliphatic carbocycles. The highest BCUT2D eigenvalue weighted by Gasteiger charge is 2.35. The Balaban J connectivity index is 2.69. The summed E-state index contributed by atoms with van der Waals surface area (Å²) in [7, 11) is 0.830. The number of non-ortho nitro benzene ring substituents is 1. The average Bonchev–Trinajstić information content (AvgIpc) is 2.53. The zero-order valence-electron chi connectivity index (χ0n) is 14.4. The summed E-state index contributed by atoms with van der Waals surface area (Å²) in [6, 6.07) is 6.47. The lowest BCUT2D eigenvalue weighted by molar-refractivity contribution is -0.384. The quantitative estimate of drug-likeness (QED) is 0.388. The Hall–Kier alpha value is -2.20. The molecule has 1 aliphatic heterocycles. The molecule has 0 bridgehead atoms. The first-order valence-electron chi connectivity index (χ1n) is 7.46. The maximum absolute atomic E-state index is 12.4. The van der Waals surface area contributed by atoms with E-state index in [2.05, 4.69) is 18.6 Å². The highest BCUT2D eigenvalue weighted by molar-refractivity contribution is 7.60. The van der Waals surface area contributed by atoms with E-state index >= 15 is 0 Å². The van der Waals surface area contributed by atoms with Crippen molar-refractivity contribution in [1.29, 1.82) is 0 Å². The molecule has 1 N–H and O–H groups in total. The maximum atomic E-state index is 12.4. The Morgan fingerprint density at radius 1 is 1.29 bits per heavy atom. The fraction of sp³-hybridized carbons (Fsp3) is 0.353. The molecule has 6 nitrogen and oxygen atoms in total. The standard InChI is InChI=1S/C17H21N2O4P/c1-10-14(17(20)23-3)15(16(24(4)5)11(2)18-10)12-7-6-8-13(9-12)19(21)22/h6-9,15,18H,1-5H3. The highest BCUT2D eigenvalue weighted by atomic mass is 31.1. The molecule has 0 fully saturated rings. The normalized spacial score (nSPS) is 17.8.